The number of carboxylic acid groups (broad SMARTS) is 1. The minimum atomic E-state index is -1.14. The van der Waals surface area contributed by atoms with Crippen molar-refractivity contribution in [3.63, 3.8) is 0 Å². The van der Waals surface area contributed by atoms with Crippen molar-refractivity contribution in [2.75, 3.05) is 13.1 Å². The molecule has 0 radical (unpaired) electrons. The van der Waals surface area contributed by atoms with Gasteiger partial charge in [0, 0.05) is 12.8 Å². The van der Waals surface area contributed by atoms with E-state index >= 15 is 0 Å². The molecule has 0 aliphatic carbocycles. The van der Waals surface area contributed by atoms with Crippen LogP contribution >= 0.6 is 0 Å². The molecule has 4 N–H and O–H groups in total. The predicted molar refractivity (Wildman–Crippen MR) is 58.5 cm³/mol. The van der Waals surface area contributed by atoms with Gasteiger partial charge in [0.1, 0.15) is 6.29 Å². The third-order valence-electron chi connectivity index (χ3n) is 2.02. The number of rotatable bonds is 7. The van der Waals surface area contributed by atoms with E-state index in [1.807, 2.05) is 0 Å². The van der Waals surface area contributed by atoms with Crippen molar-refractivity contribution < 1.29 is 19.5 Å². The largest absolute Gasteiger partial charge is 0.481 e. The minimum absolute atomic E-state index is 0.0427. The second-order valence-corrected chi connectivity index (χ2v) is 3.43. The number of nitrogens with zero attached hydrogens (tertiary/aromatic N) is 1. The smallest absolute Gasteiger partial charge is 0.305 e. The summed E-state index contributed by atoms with van der Waals surface area (Å²) in [5.41, 5.74) is 0. The first-order valence-electron chi connectivity index (χ1n) is 5.06. The summed E-state index contributed by atoms with van der Waals surface area (Å²) in [5.74, 6) is -1.59. The molecule has 0 spiro atoms. The first-order valence-corrected chi connectivity index (χ1v) is 5.06. The number of carbonyl (C=O) groups is 3. The number of amides is 1. The maximum atomic E-state index is 11.3. The molecular weight excluding hydrogens is 228 g/mol. The van der Waals surface area contributed by atoms with E-state index in [1.165, 1.54) is 0 Å². The number of hydrogen-bond donors (Lipinski definition) is 4. The second-order valence-electron chi connectivity index (χ2n) is 3.43. The number of nitrogens with one attached hydrogen (secondary N) is 3. The number of aldehydes is 1. The molecule has 1 amide bonds. The lowest BCUT2D eigenvalue weighted by Gasteiger charge is -2.13. The molecule has 2 atom stereocenters. The Kier molecular flexibility index (Phi) is 5.24. The fraction of sp³-hybridized carbons (Fsp3) is 0.556. The quantitative estimate of drug-likeness (QED) is 0.372. The molecule has 1 aliphatic heterocycles. The third-order valence-corrected chi connectivity index (χ3v) is 2.02. The van der Waals surface area contributed by atoms with E-state index in [0.717, 1.165) is 0 Å². The molecule has 1 rings (SSSR count). The fourth-order valence-corrected chi connectivity index (χ4v) is 1.27. The zero-order valence-electron chi connectivity index (χ0n) is 9.05. The maximum absolute atomic E-state index is 11.3. The average Bonchev–Trinajstić information content (AvgIpc) is 2.77. The second kappa shape index (κ2) is 6.71. The highest BCUT2D eigenvalue weighted by Crippen LogP contribution is 1.89. The van der Waals surface area contributed by atoms with Crippen LogP contribution in [0.3, 0.4) is 0 Å². The maximum Gasteiger partial charge on any atom is 0.305 e. The van der Waals surface area contributed by atoms with Gasteiger partial charge in [-0.3, -0.25) is 25.2 Å². The summed E-state index contributed by atoms with van der Waals surface area (Å²) in [4.78, 5) is 36.2. The Morgan fingerprint density at radius 1 is 1.65 bits per heavy atom. The molecule has 8 nitrogen and oxygen atoms in total. The van der Waals surface area contributed by atoms with Crippen LogP contribution in [0.1, 0.15) is 6.42 Å². The zero-order chi connectivity index (χ0) is 12.7. The summed E-state index contributed by atoms with van der Waals surface area (Å²) < 4.78 is 0. The van der Waals surface area contributed by atoms with Gasteiger partial charge in [0.15, 0.2) is 6.29 Å². The van der Waals surface area contributed by atoms with Gasteiger partial charge in [0.2, 0.25) is 5.91 Å². The molecule has 0 aromatic carbocycles. The molecular formula is C9H14N4O4. The lowest BCUT2D eigenvalue weighted by Crippen LogP contribution is -2.46. The topological polar surface area (TPSA) is 120 Å². The van der Waals surface area contributed by atoms with E-state index in [0.29, 0.717) is 12.8 Å². The molecule has 0 bridgehead atoms. The van der Waals surface area contributed by atoms with Crippen molar-refractivity contribution in [1.82, 2.24) is 16.0 Å². The monoisotopic (exact) mass is 242 g/mol. The van der Waals surface area contributed by atoms with Crippen LogP contribution in [-0.4, -0.2) is 54.9 Å². The van der Waals surface area contributed by atoms with Crippen molar-refractivity contribution in [2.24, 2.45) is 4.99 Å². The van der Waals surface area contributed by atoms with Crippen molar-refractivity contribution in [1.29, 1.82) is 0 Å². The van der Waals surface area contributed by atoms with Gasteiger partial charge in [-0.25, -0.2) is 0 Å². The Morgan fingerprint density at radius 3 is 2.94 bits per heavy atom. The highest BCUT2D eigenvalue weighted by Gasteiger charge is 2.16. The van der Waals surface area contributed by atoms with Crippen LogP contribution in [0.4, 0.5) is 0 Å². The van der Waals surface area contributed by atoms with E-state index in [4.69, 9.17) is 5.11 Å². The van der Waals surface area contributed by atoms with Crippen molar-refractivity contribution in [2.45, 2.75) is 18.8 Å². The summed E-state index contributed by atoms with van der Waals surface area (Å²) in [6.07, 6.45) is 1.34. The summed E-state index contributed by atoms with van der Waals surface area (Å²) in [5, 5.41) is 16.5. The normalized spacial score (nSPS) is 19.9. The summed E-state index contributed by atoms with van der Waals surface area (Å²) in [6, 6.07) is -0.998. The zero-order valence-corrected chi connectivity index (χ0v) is 9.05. The predicted octanol–water partition coefficient (Wildman–Crippen LogP) is -2.31. The van der Waals surface area contributed by atoms with Crippen LogP contribution in [-0.2, 0) is 14.4 Å². The fourth-order valence-electron chi connectivity index (χ4n) is 1.27. The van der Waals surface area contributed by atoms with Crippen LogP contribution in [0.15, 0.2) is 4.99 Å². The Hall–Kier alpha value is -1.80. The van der Waals surface area contributed by atoms with Gasteiger partial charge in [-0.2, -0.15) is 0 Å². The molecule has 1 aliphatic rings. The van der Waals surface area contributed by atoms with Crippen LogP contribution in [0.2, 0.25) is 0 Å². The van der Waals surface area contributed by atoms with Gasteiger partial charge in [-0.1, -0.05) is 0 Å². The Bertz CT molecular complexity index is 331. The molecule has 94 valence electrons. The molecule has 0 saturated carbocycles. The first kappa shape index (κ1) is 13.3. The van der Waals surface area contributed by atoms with Crippen molar-refractivity contribution in [3.8, 4) is 0 Å². The van der Waals surface area contributed by atoms with Crippen LogP contribution in [0.25, 0.3) is 0 Å². The van der Waals surface area contributed by atoms with Gasteiger partial charge in [0.05, 0.1) is 19.0 Å². The Labute approximate surface area is 97.5 Å². The van der Waals surface area contributed by atoms with E-state index < -0.39 is 24.3 Å². The summed E-state index contributed by atoms with van der Waals surface area (Å²) in [7, 11) is 0. The van der Waals surface area contributed by atoms with Crippen LogP contribution in [0, 0.1) is 0 Å². The number of aliphatic imine (C=N–C) groups is 1. The first-order chi connectivity index (χ1) is 8.11. The molecule has 1 unspecified atom stereocenters. The molecule has 0 saturated heterocycles. The lowest BCUT2D eigenvalue weighted by molar-refractivity contribution is -0.138. The van der Waals surface area contributed by atoms with E-state index in [9.17, 15) is 14.4 Å². The van der Waals surface area contributed by atoms with Crippen LogP contribution < -0.4 is 16.0 Å². The number of hydrogen-bond acceptors (Lipinski definition) is 6. The standard InChI is InChI=1S/C9H14N4O4/c14-5-6(3-8(16)17)13-7(15)4-12-9-10-1-2-11-9/h1,5-6,9,11-12H,2-4H2,(H,13,15)(H,16,17)/t6-,9?/m0/s1. The highest BCUT2D eigenvalue weighted by molar-refractivity contribution is 5.83. The molecule has 1 heterocycles. The molecule has 0 fully saturated rings. The molecule has 0 aromatic heterocycles. The summed E-state index contributed by atoms with van der Waals surface area (Å²) in [6.45, 7) is 0.591. The number of carbonyl (C=O) groups excluding carboxylic acids is 2. The minimum Gasteiger partial charge on any atom is -0.481 e. The SMILES string of the molecule is O=C[C@H](CC(=O)O)NC(=O)CNC1N=CCN1. The summed E-state index contributed by atoms with van der Waals surface area (Å²) >= 11 is 0. The molecule has 0 aromatic rings. The van der Waals surface area contributed by atoms with E-state index in [1.54, 1.807) is 6.21 Å². The number of aliphatic carboxylic acids is 1. The van der Waals surface area contributed by atoms with E-state index in [-0.39, 0.29) is 12.8 Å². The van der Waals surface area contributed by atoms with Crippen molar-refractivity contribution >= 4 is 24.4 Å². The average molecular weight is 242 g/mol. The van der Waals surface area contributed by atoms with Crippen LogP contribution in [0.5, 0.6) is 0 Å². The van der Waals surface area contributed by atoms with Gasteiger partial charge >= 0.3 is 5.97 Å². The highest BCUT2D eigenvalue weighted by atomic mass is 16.4. The Morgan fingerprint density at radius 2 is 2.41 bits per heavy atom. The molecule has 17 heavy (non-hydrogen) atoms. The van der Waals surface area contributed by atoms with Gasteiger partial charge < -0.3 is 15.2 Å². The van der Waals surface area contributed by atoms with Gasteiger partial charge in [-0.05, 0) is 0 Å². The van der Waals surface area contributed by atoms with Crippen molar-refractivity contribution in [3.05, 3.63) is 0 Å². The van der Waals surface area contributed by atoms with E-state index in [2.05, 4.69) is 20.9 Å². The van der Waals surface area contributed by atoms with Gasteiger partial charge in [0.25, 0.3) is 0 Å². The lowest BCUT2D eigenvalue weighted by atomic mass is 10.2. The third kappa shape index (κ3) is 5.18. The number of carboxylic acids is 1. The molecule has 8 heteroatoms. The Balaban J connectivity index is 2.24. The van der Waals surface area contributed by atoms with Gasteiger partial charge in [-0.15, -0.1) is 0 Å².